The Morgan fingerprint density at radius 1 is 1.12 bits per heavy atom. The molecule has 7 heteroatoms. The summed E-state index contributed by atoms with van der Waals surface area (Å²) < 4.78 is 1.83. The zero-order valence-electron chi connectivity index (χ0n) is 16.0. The van der Waals surface area contributed by atoms with Gasteiger partial charge in [-0.15, -0.1) is 0 Å². The molecule has 1 N–H and O–H groups in total. The molecule has 4 heterocycles. The van der Waals surface area contributed by atoms with Crippen LogP contribution in [0.4, 0.5) is 5.82 Å². The minimum atomic E-state index is -0.561. The quantitative estimate of drug-likeness (QED) is 0.878. The lowest BCUT2D eigenvalue weighted by Gasteiger charge is -2.40. The third kappa shape index (κ3) is 3.42. The Hall–Kier alpha value is -1.73. The standard InChI is InChI=1S/C19H30N6O/c1-3-6-16-21-17-15(13-20-23(17)2)18(22-16)25-11-7-19(26,8-12-25)14-24-9-4-5-10-24/h13,26H,3-12,14H2,1-2H3. The lowest BCUT2D eigenvalue weighted by atomic mass is 9.90. The van der Waals surface area contributed by atoms with Crippen molar-refractivity contribution in [3.63, 3.8) is 0 Å². The molecular formula is C19H30N6O. The zero-order chi connectivity index (χ0) is 18.1. The van der Waals surface area contributed by atoms with Crippen molar-refractivity contribution < 1.29 is 5.11 Å². The van der Waals surface area contributed by atoms with Crippen LogP contribution in [0.2, 0.25) is 0 Å². The predicted molar refractivity (Wildman–Crippen MR) is 102 cm³/mol. The van der Waals surface area contributed by atoms with Gasteiger partial charge in [-0.2, -0.15) is 5.10 Å². The van der Waals surface area contributed by atoms with Crippen molar-refractivity contribution in [2.45, 2.75) is 51.0 Å². The minimum Gasteiger partial charge on any atom is -0.388 e. The van der Waals surface area contributed by atoms with E-state index in [4.69, 9.17) is 4.98 Å². The number of hydrogen-bond donors (Lipinski definition) is 1. The SMILES string of the molecule is CCCc1nc(N2CCC(O)(CN3CCCC3)CC2)c2cnn(C)c2n1. The maximum absolute atomic E-state index is 11.0. The molecule has 0 saturated carbocycles. The fourth-order valence-corrected chi connectivity index (χ4v) is 4.28. The van der Waals surface area contributed by atoms with Crippen LogP contribution in [0.5, 0.6) is 0 Å². The second kappa shape index (κ2) is 7.12. The molecule has 0 aromatic carbocycles. The van der Waals surface area contributed by atoms with Crippen LogP contribution in [-0.4, -0.2) is 68.1 Å². The molecule has 0 aliphatic carbocycles. The summed E-state index contributed by atoms with van der Waals surface area (Å²) in [5.41, 5.74) is 0.338. The van der Waals surface area contributed by atoms with Crippen LogP contribution in [0.1, 0.15) is 44.9 Å². The second-order valence-electron chi connectivity index (χ2n) is 7.91. The summed E-state index contributed by atoms with van der Waals surface area (Å²) in [4.78, 5) is 14.3. The molecule has 2 aromatic rings. The number of aromatic nitrogens is 4. The van der Waals surface area contributed by atoms with Gasteiger partial charge in [0.2, 0.25) is 0 Å². The Bertz CT molecular complexity index is 759. The van der Waals surface area contributed by atoms with Gasteiger partial charge < -0.3 is 14.9 Å². The van der Waals surface area contributed by atoms with E-state index in [-0.39, 0.29) is 0 Å². The number of nitrogens with zero attached hydrogens (tertiary/aromatic N) is 6. The van der Waals surface area contributed by atoms with Crippen molar-refractivity contribution in [1.29, 1.82) is 0 Å². The van der Waals surface area contributed by atoms with Gasteiger partial charge in [-0.25, -0.2) is 9.97 Å². The number of aliphatic hydroxyl groups is 1. The van der Waals surface area contributed by atoms with Gasteiger partial charge in [0.15, 0.2) is 5.65 Å². The van der Waals surface area contributed by atoms with Gasteiger partial charge in [0.25, 0.3) is 0 Å². The van der Waals surface area contributed by atoms with E-state index in [0.717, 1.165) is 81.1 Å². The highest BCUT2D eigenvalue weighted by Gasteiger charge is 2.35. The van der Waals surface area contributed by atoms with E-state index < -0.39 is 5.60 Å². The Balaban J connectivity index is 1.53. The van der Waals surface area contributed by atoms with Crippen LogP contribution in [0.15, 0.2) is 6.20 Å². The fraction of sp³-hybridized carbons (Fsp3) is 0.737. The van der Waals surface area contributed by atoms with E-state index in [1.807, 2.05) is 17.9 Å². The number of fused-ring (bicyclic) bond motifs is 1. The monoisotopic (exact) mass is 358 g/mol. The van der Waals surface area contributed by atoms with Crippen molar-refractivity contribution in [2.24, 2.45) is 7.05 Å². The highest BCUT2D eigenvalue weighted by atomic mass is 16.3. The molecule has 26 heavy (non-hydrogen) atoms. The summed E-state index contributed by atoms with van der Waals surface area (Å²) in [5.74, 6) is 1.87. The van der Waals surface area contributed by atoms with E-state index >= 15 is 0 Å². The summed E-state index contributed by atoms with van der Waals surface area (Å²) in [6.45, 7) is 6.89. The van der Waals surface area contributed by atoms with Crippen molar-refractivity contribution in [1.82, 2.24) is 24.6 Å². The number of β-amino-alcohol motifs (C(OH)–C–C–N with tert-alkyl or cyclic N) is 1. The molecule has 7 nitrogen and oxygen atoms in total. The number of anilines is 1. The maximum atomic E-state index is 11.0. The van der Waals surface area contributed by atoms with Crippen LogP contribution in [0, 0.1) is 0 Å². The molecule has 2 aliphatic rings. The molecule has 4 rings (SSSR count). The van der Waals surface area contributed by atoms with Crippen molar-refractivity contribution in [3.05, 3.63) is 12.0 Å². The highest BCUT2D eigenvalue weighted by molar-refractivity contribution is 5.87. The van der Waals surface area contributed by atoms with Crippen LogP contribution in [0.3, 0.4) is 0 Å². The molecule has 0 bridgehead atoms. The van der Waals surface area contributed by atoms with E-state index in [2.05, 4.69) is 26.8 Å². The normalized spacial score (nSPS) is 21.0. The first-order chi connectivity index (χ1) is 12.6. The van der Waals surface area contributed by atoms with Gasteiger partial charge in [-0.1, -0.05) is 6.92 Å². The fourth-order valence-electron chi connectivity index (χ4n) is 4.28. The molecular weight excluding hydrogens is 328 g/mol. The molecule has 142 valence electrons. The van der Waals surface area contributed by atoms with Gasteiger partial charge >= 0.3 is 0 Å². The van der Waals surface area contributed by atoms with Crippen molar-refractivity contribution in [2.75, 3.05) is 37.6 Å². The highest BCUT2D eigenvalue weighted by Crippen LogP contribution is 2.31. The number of rotatable bonds is 5. The summed E-state index contributed by atoms with van der Waals surface area (Å²) in [7, 11) is 1.93. The first-order valence-corrected chi connectivity index (χ1v) is 9.96. The lowest BCUT2D eigenvalue weighted by Crippen LogP contribution is -2.50. The first kappa shape index (κ1) is 17.7. The lowest BCUT2D eigenvalue weighted by molar-refractivity contribution is -0.0111. The molecule has 2 saturated heterocycles. The number of likely N-dealkylation sites (tertiary alicyclic amines) is 1. The number of aryl methyl sites for hydroxylation is 2. The van der Waals surface area contributed by atoms with Crippen LogP contribution in [0.25, 0.3) is 11.0 Å². The third-order valence-corrected chi connectivity index (χ3v) is 5.80. The average molecular weight is 358 g/mol. The Labute approximate surface area is 155 Å². The molecule has 0 spiro atoms. The molecule has 0 unspecified atom stereocenters. The maximum Gasteiger partial charge on any atom is 0.163 e. The molecule has 0 amide bonds. The largest absolute Gasteiger partial charge is 0.388 e. The molecule has 0 atom stereocenters. The van der Waals surface area contributed by atoms with Crippen molar-refractivity contribution >= 4 is 16.9 Å². The Morgan fingerprint density at radius 2 is 1.85 bits per heavy atom. The summed E-state index contributed by atoms with van der Waals surface area (Å²) in [5, 5.41) is 16.4. The van der Waals surface area contributed by atoms with Gasteiger partial charge in [0, 0.05) is 33.1 Å². The van der Waals surface area contributed by atoms with E-state index in [1.165, 1.54) is 12.8 Å². The van der Waals surface area contributed by atoms with E-state index in [0.29, 0.717) is 0 Å². The molecule has 0 radical (unpaired) electrons. The van der Waals surface area contributed by atoms with Gasteiger partial charge in [0.1, 0.15) is 11.6 Å². The molecule has 2 aromatic heterocycles. The number of hydrogen-bond acceptors (Lipinski definition) is 6. The molecule has 2 aliphatic heterocycles. The van der Waals surface area contributed by atoms with E-state index in [9.17, 15) is 5.11 Å². The van der Waals surface area contributed by atoms with Gasteiger partial charge in [-0.3, -0.25) is 4.68 Å². The van der Waals surface area contributed by atoms with E-state index in [1.54, 1.807) is 0 Å². The van der Waals surface area contributed by atoms with Gasteiger partial charge in [-0.05, 0) is 45.2 Å². The van der Waals surface area contributed by atoms with Crippen LogP contribution in [-0.2, 0) is 13.5 Å². The summed E-state index contributed by atoms with van der Waals surface area (Å²) >= 11 is 0. The smallest absolute Gasteiger partial charge is 0.163 e. The second-order valence-corrected chi connectivity index (χ2v) is 7.91. The summed E-state index contributed by atoms with van der Waals surface area (Å²) in [6, 6.07) is 0. The average Bonchev–Trinajstić information content (AvgIpc) is 3.26. The molecule has 2 fully saturated rings. The third-order valence-electron chi connectivity index (χ3n) is 5.80. The topological polar surface area (TPSA) is 70.3 Å². The predicted octanol–water partition coefficient (Wildman–Crippen LogP) is 1.74. The van der Waals surface area contributed by atoms with Crippen molar-refractivity contribution in [3.8, 4) is 0 Å². The van der Waals surface area contributed by atoms with Crippen LogP contribution < -0.4 is 4.90 Å². The Kier molecular flexibility index (Phi) is 4.84. The number of piperidine rings is 1. The minimum absolute atomic E-state index is 0.561. The first-order valence-electron chi connectivity index (χ1n) is 9.96. The zero-order valence-corrected chi connectivity index (χ0v) is 16.0. The van der Waals surface area contributed by atoms with Gasteiger partial charge in [0.05, 0.1) is 17.2 Å². The Morgan fingerprint density at radius 3 is 2.54 bits per heavy atom. The van der Waals surface area contributed by atoms with Crippen LogP contribution >= 0.6 is 0 Å². The summed E-state index contributed by atoms with van der Waals surface area (Å²) in [6.07, 6.45) is 7.88.